The molecule has 188 valence electrons. The number of rotatable bonds is 6. The molecule has 0 spiro atoms. The molecule has 8 heteroatoms. The van der Waals surface area contributed by atoms with Crippen LogP contribution in [0.2, 0.25) is 0 Å². The molecular formula is C29H31N7O. The van der Waals surface area contributed by atoms with E-state index in [0.29, 0.717) is 24.7 Å². The molecule has 0 radical (unpaired) electrons. The summed E-state index contributed by atoms with van der Waals surface area (Å²) in [6, 6.07) is 14.5. The Morgan fingerprint density at radius 1 is 1.11 bits per heavy atom. The van der Waals surface area contributed by atoms with Gasteiger partial charge in [0.05, 0.1) is 24.8 Å². The number of aromatic nitrogens is 3. The summed E-state index contributed by atoms with van der Waals surface area (Å²) in [5.41, 5.74) is 4.63. The van der Waals surface area contributed by atoms with Crippen LogP contribution in [0, 0.1) is 5.92 Å². The first kappa shape index (κ1) is 23.3. The molecular weight excluding hydrogens is 462 g/mol. The standard InChI is InChI=1S/C29H31N7O/c1-4-34-28(37)25-27(36-18-24(19(2)3)32-29(34)36)35(17-20-8-6-5-7-9-20)26(33-25)22-10-11-23(31-16-22)21-12-14-30-15-13-21/h5-12,14,16,19,24H,4,13,15,17-18H2,1-3H3. The smallest absolute Gasteiger partial charge is 0.283 e. The fourth-order valence-corrected chi connectivity index (χ4v) is 5.20. The predicted molar refractivity (Wildman–Crippen MR) is 147 cm³/mol. The lowest BCUT2D eigenvalue weighted by molar-refractivity contribution is 0.0841. The normalized spacial score (nSPS) is 18.7. The molecule has 3 aliphatic rings. The van der Waals surface area contributed by atoms with Gasteiger partial charge in [-0.1, -0.05) is 44.2 Å². The number of aliphatic imine (C=N–C) groups is 2. The quantitative estimate of drug-likeness (QED) is 0.506. The highest BCUT2D eigenvalue weighted by Gasteiger charge is 2.44. The number of carbonyl (C=O) groups is 1. The molecule has 8 nitrogen and oxygen atoms in total. The van der Waals surface area contributed by atoms with Gasteiger partial charge in [-0.25, -0.2) is 9.98 Å². The highest BCUT2D eigenvalue weighted by atomic mass is 16.2. The average molecular weight is 494 g/mol. The molecule has 0 aliphatic carbocycles. The number of benzene rings is 1. The zero-order valence-corrected chi connectivity index (χ0v) is 21.5. The molecule has 1 unspecified atom stereocenters. The SMILES string of the molecule is CCN1C(=O)c2nc(-c3ccc(C4=CC=NCC4)nc3)n(Cc3ccccc3)c2N2CC(C(C)C)N=C12. The molecule has 1 amide bonds. The van der Waals surface area contributed by atoms with Gasteiger partial charge in [0.1, 0.15) is 11.6 Å². The van der Waals surface area contributed by atoms with Gasteiger partial charge in [0.25, 0.3) is 5.91 Å². The molecule has 2 aromatic heterocycles. The number of imidazole rings is 1. The maximum Gasteiger partial charge on any atom is 0.283 e. The molecule has 1 aromatic carbocycles. The second-order valence-corrected chi connectivity index (χ2v) is 10.0. The first-order valence-corrected chi connectivity index (χ1v) is 13.0. The van der Waals surface area contributed by atoms with Gasteiger partial charge < -0.3 is 4.57 Å². The first-order chi connectivity index (χ1) is 18.0. The van der Waals surface area contributed by atoms with Crippen molar-refractivity contribution < 1.29 is 4.79 Å². The van der Waals surface area contributed by atoms with E-state index >= 15 is 0 Å². The van der Waals surface area contributed by atoms with Gasteiger partial charge in [0.2, 0.25) is 5.96 Å². The Kier molecular flexibility index (Phi) is 5.94. The highest BCUT2D eigenvalue weighted by molar-refractivity contribution is 6.18. The summed E-state index contributed by atoms with van der Waals surface area (Å²) in [5.74, 6) is 2.58. The second kappa shape index (κ2) is 9.42. The van der Waals surface area contributed by atoms with Crippen molar-refractivity contribution in [1.29, 1.82) is 0 Å². The topological polar surface area (TPSA) is 79.0 Å². The fourth-order valence-electron chi connectivity index (χ4n) is 5.20. The fraction of sp³-hybridized carbons (Fsp3) is 0.345. The summed E-state index contributed by atoms with van der Waals surface area (Å²) in [4.78, 5) is 36.6. The van der Waals surface area contributed by atoms with Gasteiger partial charge in [0, 0.05) is 31.1 Å². The molecule has 0 fully saturated rings. The van der Waals surface area contributed by atoms with E-state index in [1.165, 1.54) is 5.57 Å². The van der Waals surface area contributed by atoms with Crippen LogP contribution in [0.4, 0.5) is 5.82 Å². The molecule has 3 aromatic rings. The zero-order chi connectivity index (χ0) is 25.5. The van der Waals surface area contributed by atoms with Crippen LogP contribution in [0.25, 0.3) is 17.0 Å². The minimum atomic E-state index is -0.0961. The molecule has 0 saturated heterocycles. The van der Waals surface area contributed by atoms with E-state index in [1.807, 2.05) is 49.7 Å². The van der Waals surface area contributed by atoms with E-state index < -0.39 is 0 Å². The number of nitrogens with zero attached hydrogens (tertiary/aromatic N) is 7. The van der Waals surface area contributed by atoms with E-state index in [-0.39, 0.29) is 11.9 Å². The second-order valence-electron chi connectivity index (χ2n) is 10.0. The summed E-state index contributed by atoms with van der Waals surface area (Å²) in [6.07, 6.45) is 6.63. The summed E-state index contributed by atoms with van der Waals surface area (Å²) in [7, 11) is 0. The highest BCUT2D eigenvalue weighted by Crippen LogP contribution is 2.37. The lowest BCUT2D eigenvalue weighted by Gasteiger charge is -2.33. The number of guanidine groups is 1. The number of amides is 1. The molecule has 37 heavy (non-hydrogen) atoms. The Morgan fingerprint density at radius 2 is 1.95 bits per heavy atom. The van der Waals surface area contributed by atoms with Crippen molar-refractivity contribution in [3.8, 4) is 11.4 Å². The van der Waals surface area contributed by atoms with Gasteiger partial charge in [-0.3, -0.25) is 24.6 Å². The van der Waals surface area contributed by atoms with Crippen molar-refractivity contribution in [3.63, 3.8) is 0 Å². The van der Waals surface area contributed by atoms with Gasteiger partial charge in [-0.15, -0.1) is 0 Å². The lowest BCUT2D eigenvalue weighted by atomic mass is 10.1. The van der Waals surface area contributed by atoms with Gasteiger partial charge in [0.15, 0.2) is 5.69 Å². The molecule has 3 aliphatic heterocycles. The number of allylic oxidation sites excluding steroid dienone is 1. The maximum absolute atomic E-state index is 13.7. The van der Waals surface area contributed by atoms with Gasteiger partial charge >= 0.3 is 0 Å². The van der Waals surface area contributed by atoms with Crippen molar-refractivity contribution in [2.24, 2.45) is 15.9 Å². The number of anilines is 1. The number of carbonyl (C=O) groups excluding carboxylic acids is 1. The van der Waals surface area contributed by atoms with Crippen LogP contribution < -0.4 is 4.90 Å². The lowest BCUT2D eigenvalue weighted by Crippen LogP contribution is -2.50. The largest absolute Gasteiger partial charge is 0.305 e. The number of hydrogen-bond donors (Lipinski definition) is 0. The van der Waals surface area contributed by atoms with Crippen LogP contribution in [-0.4, -0.2) is 63.2 Å². The molecule has 1 atom stereocenters. The monoisotopic (exact) mass is 493 g/mol. The summed E-state index contributed by atoms with van der Waals surface area (Å²) in [6.45, 7) is 9.01. The number of pyridine rings is 1. The molecule has 6 rings (SSSR count). The van der Waals surface area contributed by atoms with E-state index in [4.69, 9.17) is 15.0 Å². The minimum Gasteiger partial charge on any atom is -0.305 e. The third kappa shape index (κ3) is 4.06. The number of dihydropyridines is 1. The Hall–Kier alpha value is -4.07. The summed E-state index contributed by atoms with van der Waals surface area (Å²) < 4.78 is 2.16. The average Bonchev–Trinajstić information content (AvgIpc) is 3.53. The van der Waals surface area contributed by atoms with E-state index in [1.54, 1.807) is 4.90 Å². The Labute approximate surface area is 217 Å². The van der Waals surface area contributed by atoms with Crippen molar-refractivity contribution in [1.82, 2.24) is 19.4 Å². The van der Waals surface area contributed by atoms with Gasteiger partial charge in [-0.05, 0) is 48.6 Å². The third-order valence-corrected chi connectivity index (χ3v) is 7.29. The predicted octanol–water partition coefficient (Wildman–Crippen LogP) is 4.53. The Bertz CT molecular complexity index is 1420. The Balaban J connectivity index is 1.49. The van der Waals surface area contributed by atoms with E-state index in [9.17, 15) is 4.79 Å². The van der Waals surface area contributed by atoms with Crippen molar-refractivity contribution in [2.75, 3.05) is 24.5 Å². The Morgan fingerprint density at radius 3 is 2.62 bits per heavy atom. The molecule has 0 N–H and O–H groups in total. The molecule has 5 heterocycles. The van der Waals surface area contributed by atoms with Crippen LogP contribution in [0.5, 0.6) is 0 Å². The molecule has 0 saturated carbocycles. The van der Waals surface area contributed by atoms with Crippen molar-refractivity contribution in [2.45, 2.75) is 39.8 Å². The van der Waals surface area contributed by atoms with Crippen LogP contribution in [0.15, 0.2) is 64.7 Å². The van der Waals surface area contributed by atoms with E-state index in [2.05, 4.69) is 46.5 Å². The third-order valence-electron chi connectivity index (χ3n) is 7.29. The van der Waals surface area contributed by atoms with Crippen LogP contribution >= 0.6 is 0 Å². The van der Waals surface area contributed by atoms with Crippen LogP contribution in [-0.2, 0) is 6.54 Å². The summed E-state index contributed by atoms with van der Waals surface area (Å²) in [5, 5.41) is 0. The number of hydrogen-bond acceptors (Lipinski definition) is 6. The summed E-state index contributed by atoms with van der Waals surface area (Å²) >= 11 is 0. The maximum atomic E-state index is 13.7. The number of fused-ring (bicyclic) bond motifs is 3. The van der Waals surface area contributed by atoms with Crippen LogP contribution in [0.3, 0.4) is 0 Å². The first-order valence-electron chi connectivity index (χ1n) is 13.0. The van der Waals surface area contributed by atoms with Crippen molar-refractivity contribution >= 4 is 29.5 Å². The van der Waals surface area contributed by atoms with Crippen molar-refractivity contribution in [3.05, 3.63) is 71.7 Å². The van der Waals surface area contributed by atoms with E-state index in [0.717, 1.165) is 53.9 Å². The molecule has 0 bridgehead atoms. The van der Waals surface area contributed by atoms with Gasteiger partial charge in [-0.2, -0.15) is 0 Å². The zero-order valence-electron chi connectivity index (χ0n) is 21.5. The van der Waals surface area contributed by atoms with Crippen LogP contribution in [0.1, 0.15) is 48.9 Å². The minimum absolute atomic E-state index is 0.0961.